The molecule has 3 saturated carbocycles. The summed E-state index contributed by atoms with van der Waals surface area (Å²) in [6.45, 7) is -0.185. The monoisotopic (exact) mass is 403 g/mol. The van der Waals surface area contributed by atoms with Gasteiger partial charge in [-0.25, -0.2) is 8.96 Å². The lowest BCUT2D eigenvalue weighted by atomic mass is 9.38. The number of hydrogen-bond acceptors (Lipinski definition) is 3. The molecule has 0 aliphatic heterocycles. The van der Waals surface area contributed by atoms with Gasteiger partial charge in [0.25, 0.3) is 5.91 Å². The summed E-state index contributed by atoms with van der Waals surface area (Å²) in [5.41, 5.74) is 0.517. The van der Waals surface area contributed by atoms with E-state index in [-0.39, 0.29) is 40.0 Å². The van der Waals surface area contributed by atoms with Crippen molar-refractivity contribution in [1.29, 1.82) is 0 Å². The predicted molar refractivity (Wildman–Crippen MR) is 101 cm³/mol. The topological polar surface area (TPSA) is 59.3 Å². The molecule has 1 heterocycles. The zero-order chi connectivity index (χ0) is 19.9. The maximum Gasteiger partial charge on any atom is 0.258 e. The van der Waals surface area contributed by atoms with Crippen molar-refractivity contribution in [3.8, 4) is 5.75 Å². The van der Waals surface area contributed by atoms with E-state index in [1.807, 2.05) is 36.1 Å². The van der Waals surface area contributed by atoms with Gasteiger partial charge in [0.05, 0.1) is 10.6 Å². The lowest BCUT2D eigenvalue weighted by molar-refractivity contribution is -0.671. The normalized spacial score (nSPS) is 24.7. The van der Waals surface area contributed by atoms with E-state index < -0.39 is 5.82 Å². The number of ether oxygens (including phenoxy) is 1. The molecular formula is C21H21ClFN2O3+. The number of nitrogens with one attached hydrogen (secondary N) is 1. The molecule has 5 nitrogen and oxygen atoms in total. The number of halogens is 2. The van der Waals surface area contributed by atoms with Crippen molar-refractivity contribution >= 4 is 23.3 Å². The van der Waals surface area contributed by atoms with E-state index in [2.05, 4.69) is 5.32 Å². The van der Waals surface area contributed by atoms with E-state index in [4.69, 9.17) is 16.3 Å². The summed E-state index contributed by atoms with van der Waals surface area (Å²) >= 11 is 5.62. The Morgan fingerprint density at radius 1 is 1.29 bits per heavy atom. The summed E-state index contributed by atoms with van der Waals surface area (Å²) in [6, 6.07) is 7.76. The molecule has 7 heteroatoms. The van der Waals surface area contributed by atoms with Crippen molar-refractivity contribution in [1.82, 2.24) is 5.32 Å². The van der Waals surface area contributed by atoms with Crippen LogP contribution in [0.2, 0.25) is 5.02 Å². The second-order valence-electron chi connectivity index (χ2n) is 8.08. The fraction of sp³-hybridized carbons (Fsp3) is 0.381. The van der Waals surface area contributed by atoms with Gasteiger partial charge in [-0.1, -0.05) is 11.6 Å². The van der Waals surface area contributed by atoms with Crippen LogP contribution in [-0.4, -0.2) is 23.8 Å². The van der Waals surface area contributed by atoms with Crippen molar-refractivity contribution in [2.75, 3.05) is 6.61 Å². The van der Waals surface area contributed by atoms with Crippen molar-refractivity contribution in [3.63, 3.8) is 0 Å². The van der Waals surface area contributed by atoms with Gasteiger partial charge >= 0.3 is 0 Å². The highest BCUT2D eigenvalue weighted by Gasteiger charge is 2.68. The molecule has 1 amide bonds. The average molecular weight is 404 g/mol. The molecule has 3 aliphatic carbocycles. The Bertz CT molecular complexity index is 943. The first-order valence-corrected chi connectivity index (χ1v) is 9.53. The number of carbonyl (C=O) groups excluding carboxylic acids is 2. The molecule has 0 radical (unpaired) electrons. The number of rotatable bonds is 7. The summed E-state index contributed by atoms with van der Waals surface area (Å²) in [4.78, 5) is 24.7. The summed E-state index contributed by atoms with van der Waals surface area (Å²) in [5, 5.41) is 3.01. The van der Waals surface area contributed by atoms with Gasteiger partial charge < -0.3 is 10.1 Å². The molecule has 0 atom stereocenters. The van der Waals surface area contributed by atoms with Crippen LogP contribution < -0.4 is 14.6 Å². The molecule has 28 heavy (non-hydrogen) atoms. The highest BCUT2D eigenvalue weighted by Crippen LogP contribution is 2.69. The Labute approximate surface area is 167 Å². The molecule has 0 unspecified atom stereocenters. The van der Waals surface area contributed by atoms with E-state index in [1.54, 1.807) is 0 Å². The van der Waals surface area contributed by atoms with Crippen molar-refractivity contribution in [3.05, 3.63) is 59.1 Å². The third kappa shape index (κ3) is 3.61. The molecule has 2 bridgehead atoms. The molecule has 0 saturated heterocycles. The van der Waals surface area contributed by atoms with Crippen LogP contribution in [0, 0.1) is 11.2 Å². The summed E-state index contributed by atoms with van der Waals surface area (Å²) in [5.74, 6) is -0.431. The number of carbonyl (C=O) groups is 2. The Balaban J connectivity index is 1.24. The molecule has 3 aliphatic rings. The third-order valence-electron chi connectivity index (χ3n) is 5.60. The Kier molecular flexibility index (Phi) is 4.62. The molecule has 2 aromatic rings. The number of amides is 1. The number of hydrogen-bond donors (Lipinski definition) is 1. The van der Waals surface area contributed by atoms with Crippen molar-refractivity contribution in [2.45, 2.75) is 31.2 Å². The largest absolute Gasteiger partial charge is 0.484 e. The van der Waals surface area contributed by atoms with Crippen molar-refractivity contribution < 1.29 is 23.3 Å². The Morgan fingerprint density at radius 3 is 2.71 bits per heavy atom. The van der Waals surface area contributed by atoms with E-state index in [9.17, 15) is 14.0 Å². The predicted octanol–water partition coefficient (Wildman–Crippen LogP) is 2.99. The smallest absolute Gasteiger partial charge is 0.258 e. The minimum atomic E-state index is -0.586. The highest BCUT2D eigenvalue weighted by atomic mass is 35.5. The summed E-state index contributed by atoms with van der Waals surface area (Å²) in [7, 11) is 1.89. The third-order valence-corrected chi connectivity index (χ3v) is 5.91. The summed E-state index contributed by atoms with van der Waals surface area (Å²) in [6.07, 6.45) is 6.67. The van der Waals surface area contributed by atoms with Gasteiger partial charge in [0, 0.05) is 24.1 Å². The Hall–Kier alpha value is -2.47. The maximum absolute atomic E-state index is 13.4. The van der Waals surface area contributed by atoms with Crippen molar-refractivity contribution in [2.24, 2.45) is 12.5 Å². The van der Waals surface area contributed by atoms with Crippen LogP contribution in [-0.2, 0) is 11.8 Å². The Morgan fingerprint density at radius 2 is 2.04 bits per heavy atom. The van der Waals surface area contributed by atoms with Crippen LogP contribution in [0.5, 0.6) is 5.75 Å². The first-order chi connectivity index (χ1) is 13.3. The van der Waals surface area contributed by atoms with Crippen LogP contribution in [0.4, 0.5) is 4.39 Å². The SMILES string of the molecule is C[n+]1cccc(C(=O)CC23CC(NC(=O)COc4ccc(Cl)c(F)c4)(C2)C3)c1. The van der Waals surface area contributed by atoms with Crippen LogP contribution in [0.3, 0.4) is 0 Å². The van der Waals surface area contributed by atoms with Gasteiger partial charge in [-0.2, -0.15) is 0 Å². The van der Waals surface area contributed by atoms with Crippen LogP contribution >= 0.6 is 11.6 Å². The van der Waals surface area contributed by atoms with Gasteiger partial charge in [-0.3, -0.25) is 9.59 Å². The number of pyridine rings is 1. The number of benzene rings is 1. The van der Waals surface area contributed by atoms with Crippen LogP contribution in [0.15, 0.2) is 42.7 Å². The van der Waals surface area contributed by atoms with Gasteiger partial charge in [0.1, 0.15) is 18.6 Å². The molecule has 1 N–H and O–H groups in total. The van der Waals surface area contributed by atoms with Gasteiger partial charge in [0.2, 0.25) is 0 Å². The minimum Gasteiger partial charge on any atom is -0.484 e. The quantitative estimate of drug-likeness (QED) is 0.571. The van der Waals surface area contributed by atoms with E-state index in [0.29, 0.717) is 6.42 Å². The van der Waals surface area contributed by atoms with E-state index >= 15 is 0 Å². The zero-order valence-electron chi connectivity index (χ0n) is 15.5. The van der Waals surface area contributed by atoms with Crippen LogP contribution in [0.1, 0.15) is 36.0 Å². The second-order valence-corrected chi connectivity index (χ2v) is 8.49. The number of nitrogens with zero attached hydrogens (tertiary/aromatic N) is 1. The maximum atomic E-state index is 13.4. The zero-order valence-corrected chi connectivity index (χ0v) is 16.3. The first-order valence-electron chi connectivity index (χ1n) is 9.16. The van der Waals surface area contributed by atoms with Gasteiger partial charge in [0.15, 0.2) is 24.8 Å². The molecule has 0 spiro atoms. The van der Waals surface area contributed by atoms with Gasteiger partial charge in [-0.05, 0) is 42.9 Å². The number of ketones is 1. The van der Waals surface area contributed by atoms with Crippen LogP contribution in [0.25, 0.3) is 0 Å². The fourth-order valence-corrected chi connectivity index (χ4v) is 4.68. The molecule has 1 aromatic heterocycles. The lowest BCUT2D eigenvalue weighted by Gasteiger charge is -2.70. The number of Topliss-reactive ketones (excluding diaryl/α,β-unsaturated/α-hetero) is 1. The number of aromatic nitrogens is 1. The average Bonchev–Trinajstić information content (AvgIpc) is 2.59. The molecule has 146 valence electrons. The van der Waals surface area contributed by atoms with E-state index in [0.717, 1.165) is 30.9 Å². The lowest BCUT2D eigenvalue weighted by Crippen LogP contribution is -2.75. The van der Waals surface area contributed by atoms with E-state index in [1.165, 1.54) is 12.1 Å². The molecular weight excluding hydrogens is 383 g/mol. The second kappa shape index (κ2) is 6.85. The number of aryl methyl sites for hydroxylation is 1. The van der Waals surface area contributed by atoms with Gasteiger partial charge in [-0.15, -0.1) is 0 Å². The molecule has 1 aromatic carbocycles. The minimum absolute atomic E-state index is 0.00905. The summed E-state index contributed by atoms with van der Waals surface area (Å²) < 4.78 is 20.6. The molecule has 5 rings (SSSR count). The molecule has 3 fully saturated rings. The highest BCUT2D eigenvalue weighted by molar-refractivity contribution is 6.30. The first kappa shape index (κ1) is 18.9. The fourth-order valence-electron chi connectivity index (χ4n) is 4.56. The standard InChI is InChI=1S/C21H20ClFN2O3/c1-25-6-2-3-14(9-25)18(26)8-20-11-21(12-20,13-20)24-19(27)10-28-15-4-5-16(22)17(23)7-15/h2-7,9H,8,10-13H2,1H3/p+1.